The average molecular weight is 340 g/mol. The van der Waals surface area contributed by atoms with Crippen molar-refractivity contribution in [3.8, 4) is 0 Å². The monoisotopic (exact) mass is 339 g/mol. The molecule has 4 nitrogen and oxygen atoms in total. The molecule has 0 radical (unpaired) electrons. The Morgan fingerprint density at radius 1 is 1.50 bits per heavy atom. The third-order valence-corrected chi connectivity index (χ3v) is 4.14. The number of amides is 1. The van der Waals surface area contributed by atoms with Gasteiger partial charge in [0.05, 0.1) is 12.1 Å². The number of nitrogens with one attached hydrogen (secondary N) is 1. The maximum atomic E-state index is 12.3. The maximum absolute atomic E-state index is 12.3. The van der Waals surface area contributed by atoms with Gasteiger partial charge in [-0.15, -0.1) is 0 Å². The molecule has 1 atom stereocenters. The van der Waals surface area contributed by atoms with Gasteiger partial charge in [-0.3, -0.25) is 4.79 Å². The highest BCUT2D eigenvalue weighted by molar-refractivity contribution is 9.10. The zero-order chi connectivity index (χ0) is 14.9. The van der Waals surface area contributed by atoms with Crippen molar-refractivity contribution in [3.05, 3.63) is 34.0 Å². The van der Waals surface area contributed by atoms with Gasteiger partial charge < -0.3 is 14.8 Å². The van der Waals surface area contributed by atoms with Crippen molar-refractivity contribution in [2.24, 2.45) is 0 Å². The summed E-state index contributed by atoms with van der Waals surface area (Å²) >= 11 is 3.41. The minimum Gasteiger partial charge on any atom is -0.451 e. The van der Waals surface area contributed by atoms with E-state index in [2.05, 4.69) is 21.2 Å². The largest absolute Gasteiger partial charge is 0.451 e. The normalized spacial score (nSPS) is 14.2. The lowest BCUT2D eigenvalue weighted by Gasteiger charge is -2.26. The van der Waals surface area contributed by atoms with Crippen LogP contribution in [0.2, 0.25) is 0 Å². The van der Waals surface area contributed by atoms with E-state index in [9.17, 15) is 9.90 Å². The second-order valence-electron chi connectivity index (χ2n) is 5.22. The number of rotatable bonds is 4. The van der Waals surface area contributed by atoms with Crippen molar-refractivity contribution in [2.75, 3.05) is 6.61 Å². The standard InChI is InChI=1S/C15H18BrNO3/c1-4-15(3,8-18)17-14(19)13-9(2)11-7-10(16)5-6-12(11)20-13/h5-7,18H,4,8H2,1-3H3,(H,17,19). The number of carbonyl (C=O) groups is 1. The Kier molecular flexibility index (Phi) is 4.20. The van der Waals surface area contributed by atoms with Gasteiger partial charge >= 0.3 is 0 Å². The van der Waals surface area contributed by atoms with Crippen molar-refractivity contribution in [3.63, 3.8) is 0 Å². The molecule has 0 saturated carbocycles. The summed E-state index contributed by atoms with van der Waals surface area (Å²) in [6, 6.07) is 5.63. The summed E-state index contributed by atoms with van der Waals surface area (Å²) in [5.74, 6) is -0.000512. The number of fused-ring (bicyclic) bond motifs is 1. The summed E-state index contributed by atoms with van der Waals surface area (Å²) in [4.78, 5) is 12.3. The minimum absolute atomic E-state index is 0.111. The fraction of sp³-hybridized carbons (Fsp3) is 0.400. The van der Waals surface area contributed by atoms with E-state index in [-0.39, 0.29) is 12.5 Å². The molecule has 1 aromatic carbocycles. The van der Waals surface area contributed by atoms with Crippen LogP contribution in [0, 0.1) is 6.92 Å². The van der Waals surface area contributed by atoms with Crippen molar-refractivity contribution < 1.29 is 14.3 Å². The number of hydrogen-bond donors (Lipinski definition) is 2. The molecule has 1 unspecified atom stereocenters. The first-order valence-electron chi connectivity index (χ1n) is 6.52. The van der Waals surface area contributed by atoms with E-state index in [1.54, 1.807) is 6.92 Å². The maximum Gasteiger partial charge on any atom is 0.287 e. The van der Waals surface area contributed by atoms with E-state index in [1.807, 2.05) is 32.0 Å². The number of halogens is 1. The molecule has 2 N–H and O–H groups in total. The Morgan fingerprint density at radius 3 is 2.80 bits per heavy atom. The third-order valence-electron chi connectivity index (χ3n) is 3.65. The molecule has 2 rings (SSSR count). The highest BCUT2D eigenvalue weighted by atomic mass is 79.9. The molecule has 108 valence electrons. The third kappa shape index (κ3) is 2.74. The van der Waals surface area contributed by atoms with Gasteiger partial charge in [0.2, 0.25) is 0 Å². The van der Waals surface area contributed by atoms with E-state index < -0.39 is 5.54 Å². The Bertz CT molecular complexity index is 644. The number of hydrogen-bond acceptors (Lipinski definition) is 3. The van der Waals surface area contributed by atoms with Gasteiger partial charge in [0, 0.05) is 15.4 Å². The molecule has 0 spiro atoms. The second kappa shape index (κ2) is 5.58. The van der Waals surface area contributed by atoms with Crippen molar-refractivity contribution in [2.45, 2.75) is 32.7 Å². The van der Waals surface area contributed by atoms with Crippen LogP contribution in [0.15, 0.2) is 27.1 Å². The number of carbonyl (C=O) groups excluding carboxylic acids is 1. The first-order chi connectivity index (χ1) is 9.40. The zero-order valence-electron chi connectivity index (χ0n) is 11.8. The van der Waals surface area contributed by atoms with E-state index in [0.29, 0.717) is 17.8 Å². The van der Waals surface area contributed by atoms with Crippen LogP contribution in [0.4, 0.5) is 0 Å². The molecule has 1 heterocycles. The van der Waals surface area contributed by atoms with Crippen molar-refractivity contribution >= 4 is 32.8 Å². The molecule has 0 bridgehead atoms. The number of aliphatic hydroxyl groups is 1. The van der Waals surface area contributed by atoms with Crippen LogP contribution in [0.25, 0.3) is 11.0 Å². The van der Waals surface area contributed by atoms with Gasteiger partial charge in [-0.25, -0.2) is 0 Å². The van der Waals surface area contributed by atoms with E-state index in [0.717, 1.165) is 15.4 Å². The fourth-order valence-corrected chi connectivity index (χ4v) is 2.34. The summed E-state index contributed by atoms with van der Waals surface area (Å²) < 4.78 is 6.58. The summed E-state index contributed by atoms with van der Waals surface area (Å²) in [6.07, 6.45) is 0.639. The quantitative estimate of drug-likeness (QED) is 0.897. The van der Waals surface area contributed by atoms with Crippen LogP contribution >= 0.6 is 15.9 Å². The lowest BCUT2D eigenvalue weighted by Crippen LogP contribution is -2.48. The Hall–Kier alpha value is -1.33. The van der Waals surface area contributed by atoms with Crippen LogP contribution in [0.5, 0.6) is 0 Å². The topological polar surface area (TPSA) is 62.5 Å². The molecule has 5 heteroatoms. The molecule has 0 fully saturated rings. The van der Waals surface area contributed by atoms with E-state index in [4.69, 9.17) is 4.42 Å². The summed E-state index contributed by atoms with van der Waals surface area (Å²) in [5.41, 5.74) is 0.844. The molecule has 0 aliphatic rings. The molecule has 2 aromatic rings. The zero-order valence-corrected chi connectivity index (χ0v) is 13.4. The Balaban J connectivity index is 2.38. The molecule has 0 aliphatic heterocycles. The fourth-order valence-electron chi connectivity index (χ4n) is 1.98. The molecule has 1 amide bonds. The van der Waals surface area contributed by atoms with Gasteiger partial charge in [0.15, 0.2) is 5.76 Å². The smallest absolute Gasteiger partial charge is 0.287 e. The predicted molar refractivity (Wildman–Crippen MR) is 81.9 cm³/mol. The van der Waals surface area contributed by atoms with Crippen LogP contribution in [-0.4, -0.2) is 23.2 Å². The van der Waals surface area contributed by atoms with Gasteiger partial charge in [-0.1, -0.05) is 22.9 Å². The SMILES string of the molecule is CCC(C)(CO)NC(=O)c1oc2ccc(Br)cc2c1C. The molecule has 0 saturated heterocycles. The lowest BCUT2D eigenvalue weighted by molar-refractivity contribution is 0.0821. The number of furan rings is 1. The van der Waals surface area contributed by atoms with Crippen LogP contribution < -0.4 is 5.32 Å². The van der Waals surface area contributed by atoms with Gasteiger partial charge in [-0.2, -0.15) is 0 Å². The van der Waals surface area contributed by atoms with Gasteiger partial charge in [0.25, 0.3) is 5.91 Å². The molecular formula is C15H18BrNO3. The number of benzene rings is 1. The summed E-state index contributed by atoms with van der Waals surface area (Å²) in [7, 11) is 0. The Morgan fingerprint density at radius 2 is 2.20 bits per heavy atom. The minimum atomic E-state index is -0.636. The first kappa shape index (κ1) is 15.1. The van der Waals surface area contributed by atoms with Gasteiger partial charge in [-0.05, 0) is 38.5 Å². The first-order valence-corrected chi connectivity index (χ1v) is 7.31. The van der Waals surface area contributed by atoms with E-state index in [1.165, 1.54) is 0 Å². The highest BCUT2D eigenvalue weighted by Gasteiger charge is 2.27. The number of aliphatic hydroxyl groups excluding tert-OH is 1. The van der Waals surface area contributed by atoms with Crippen molar-refractivity contribution in [1.29, 1.82) is 0 Å². The van der Waals surface area contributed by atoms with Gasteiger partial charge in [0.1, 0.15) is 5.58 Å². The molecule has 0 aliphatic carbocycles. The lowest BCUT2D eigenvalue weighted by atomic mass is 10.00. The van der Waals surface area contributed by atoms with Crippen LogP contribution in [0.3, 0.4) is 0 Å². The molecular weight excluding hydrogens is 322 g/mol. The predicted octanol–water partition coefficient (Wildman–Crippen LogP) is 3.39. The summed E-state index contributed by atoms with van der Waals surface area (Å²) in [5, 5.41) is 13.1. The van der Waals surface area contributed by atoms with Crippen molar-refractivity contribution in [1.82, 2.24) is 5.32 Å². The Labute approximate surface area is 126 Å². The molecule has 20 heavy (non-hydrogen) atoms. The summed E-state index contributed by atoms with van der Waals surface area (Å²) in [6.45, 7) is 5.47. The van der Waals surface area contributed by atoms with Crippen LogP contribution in [-0.2, 0) is 0 Å². The molecule has 1 aromatic heterocycles. The number of aryl methyl sites for hydroxylation is 1. The second-order valence-corrected chi connectivity index (χ2v) is 6.14. The van der Waals surface area contributed by atoms with E-state index >= 15 is 0 Å². The van der Waals surface area contributed by atoms with Crippen LogP contribution in [0.1, 0.15) is 36.4 Å². The average Bonchev–Trinajstić information content (AvgIpc) is 2.76. The highest BCUT2D eigenvalue weighted by Crippen LogP contribution is 2.28.